The van der Waals surface area contributed by atoms with Crippen molar-refractivity contribution in [1.29, 1.82) is 0 Å². The van der Waals surface area contributed by atoms with Crippen molar-refractivity contribution in [1.82, 2.24) is 9.19 Å². The second-order valence-corrected chi connectivity index (χ2v) is 6.53. The molecule has 2 rings (SSSR count). The highest BCUT2D eigenvalue weighted by molar-refractivity contribution is 7.90. The van der Waals surface area contributed by atoms with E-state index < -0.39 is 10.0 Å². The van der Waals surface area contributed by atoms with Crippen LogP contribution in [0.15, 0.2) is 29.3 Å². The van der Waals surface area contributed by atoms with Gasteiger partial charge in [0.2, 0.25) is 0 Å². The standard InChI is InChI=1S/C15H20N2O4S/c1-5-20-13-10-15(14(21-6-2)9-11(13)3)22(18,19)17-8-7-12(4)16-17/h7-10H,5-6H2,1-4H3. The van der Waals surface area contributed by atoms with Gasteiger partial charge in [0, 0.05) is 12.3 Å². The van der Waals surface area contributed by atoms with Crippen molar-refractivity contribution in [3.63, 3.8) is 0 Å². The molecule has 0 radical (unpaired) electrons. The first-order chi connectivity index (χ1) is 10.4. The molecule has 0 amide bonds. The maximum atomic E-state index is 12.8. The van der Waals surface area contributed by atoms with Gasteiger partial charge in [-0.25, -0.2) is 0 Å². The Morgan fingerprint density at radius 2 is 1.73 bits per heavy atom. The SMILES string of the molecule is CCOc1cc(S(=O)(=O)n2ccc(C)n2)c(OCC)cc1C. The third-order valence-electron chi connectivity index (χ3n) is 3.06. The Morgan fingerprint density at radius 1 is 1.09 bits per heavy atom. The molecule has 0 atom stereocenters. The lowest BCUT2D eigenvalue weighted by Crippen LogP contribution is -2.16. The Hall–Kier alpha value is -2.02. The largest absolute Gasteiger partial charge is 0.494 e. The van der Waals surface area contributed by atoms with Gasteiger partial charge in [0.05, 0.1) is 18.9 Å². The quantitative estimate of drug-likeness (QED) is 0.816. The van der Waals surface area contributed by atoms with E-state index >= 15 is 0 Å². The molecule has 1 aromatic heterocycles. The average Bonchev–Trinajstić information content (AvgIpc) is 2.89. The molecule has 0 spiro atoms. The maximum absolute atomic E-state index is 12.8. The minimum absolute atomic E-state index is 0.0477. The summed E-state index contributed by atoms with van der Waals surface area (Å²) in [5.74, 6) is 0.824. The number of benzene rings is 1. The van der Waals surface area contributed by atoms with E-state index in [0.29, 0.717) is 30.4 Å². The fraction of sp³-hybridized carbons (Fsp3) is 0.400. The molecule has 1 heterocycles. The van der Waals surface area contributed by atoms with E-state index in [4.69, 9.17) is 9.47 Å². The molecule has 0 bridgehead atoms. The lowest BCUT2D eigenvalue weighted by molar-refractivity contribution is 0.320. The third kappa shape index (κ3) is 3.09. The van der Waals surface area contributed by atoms with Gasteiger partial charge in [0.25, 0.3) is 10.0 Å². The second kappa shape index (κ2) is 6.39. The molecule has 0 N–H and O–H groups in total. The minimum Gasteiger partial charge on any atom is -0.494 e. The molecular weight excluding hydrogens is 304 g/mol. The van der Waals surface area contributed by atoms with Gasteiger partial charge in [-0.05, 0) is 45.4 Å². The van der Waals surface area contributed by atoms with Gasteiger partial charge in [-0.1, -0.05) is 0 Å². The molecule has 0 aliphatic carbocycles. The molecule has 0 aliphatic rings. The number of aromatic nitrogens is 2. The van der Waals surface area contributed by atoms with Crippen LogP contribution in [0.25, 0.3) is 0 Å². The van der Waals surface area contributed by atoms with E-state index in [1.807, 2.05) is 13.8 Å². The smallest absolute Gasteiger partial charge is 0.286 e. The maximum Gasteiger partial charge on any atom is 0.286 e. The van der Waals surface area contributed by atoms with Crippen molar-refractivity contribution >= 4 is 10.0 Å². The molecular formula is C15H20N2O4S. The summed E-state index contributed by atoms with van der Waals surface area (Å²) in [5.41, 5.74) is 1.44. The first-order valence-electron chi connectivity index (χ1n) is 7.08. The van der Waals surface area contributed by atoms with Gasteiger partial charge in [-0.2, -0.15) is 17.6 Å². The van der Waals surface area contributed by atoms with Crippen molar-refractivity contribution in [2.24, 2.45) is 0 Å². The lowest BCUT2D eigenvalue weighted by atomic mass is 10.2. The monoisotopic (exact) mass is 324 g/mol. The van der Waals surface area contributed by atoms with Crippen LogP contribution in [0.4, 0.5) is 0 Å². The van der Waals surface area contributed by atoms with E-state index in [2.05, 4.69) is 5.10 Å². The molecule has 22 heavy (non-hydrogen) atoms. The number of rotatable bonds is 6. The van der Waals surface area contributed by atoms with Crippen LogP contribution < -0.4 is 9.47 Å². The third-order valence-corrected chi connectivity index (χ3v) is 4.64. The molecule has 7 heteroatoms. The van der Waals surface area contributed by atoms with E-state index in [-0.39, 0.29) is 4.90 Å². The molecule has 6 nitrogen and oxygen atoms in total. The fourth-order valence-corrected chi connectivity index (χ4v) is 3.34. The van der Waals surface area contributed by atoms with Crippen LogP contribution in [0.3, 0.4) is 0 Å². The molecule has 0 fully saturated rings. The van der Waals surface area contributed by atoms with Crippen LogP contribution in [0.2, 0.25) is 0 Å². The lowest BCUT2D eigenvalue weighted by Gasteiger charge is -2.15. The van der Waals surface area contributed by atoms with Crippen LogP contribution in [0.1, 0.15) is 25.1 Å². The summed E-state index contributed by atoms with van der Waals surface area (Å²) in [5, 5.41) is 3.99. The molecule has 2 aromatic rings. The first kappa shape index (κ1) is 16.4. The van der Waals surface area contributed by atoms with E-state index in [0.717, 1.165) is 9.65 Å². The van der Waals surface area contributed by atoms with Crippen LogP contribution in [0.5, 0.6) is 11.5 Å². The predicted octanol–water partition coefficient (Wildman–Crippen LogP) is 2.53. The number of hydrogen-bond donors (Lipinski definition) is 0. The Labute approximate surface area is 130 Å². The van der Waals surface area contributed by atoms with Crippen molar-refractivity contribution in [3.8, 4) is 11.5 Å². The van der Waals surface area contributed by atoms with Gasteiger partial charge in [-0.3, -0.25) is 0 Å². The van der Waals surface area contributed by atoms with Crippen molar-refractivity contribution < 1.29 is 17.9 Å². The van der Waals surface area contributed by atoms with Gasteiger partial charge in [0.15, 0.2) is 0 Å². The molecule has 0 saturated carbocycles. The van der Waals surface area contributed by atoms with Gasteiger partial charge < -0.3 is 9.47 Å². The van der Waals surface area contributed by atoms with E-state index in [1.165, 1.54) is 12.3 Å². The average molecular weight is 324 g/mol. The van der Waals surface area contributed by atoms with E-state index in [9.17, 15) is 8.42 Å². The summed E-state index contributed by atoms with van der Waals surface area (Å²) in [7, 11) is -3.83. The summed E-state index contributed by atoms with van der Waals surface area (Å²) in [4.78, 5) is 0.0477. The van der Waals surface area contributed by atoms with E-state index in [1.54, 1.807) is 26.0 Å². The molecule has 1 aromatic carbocycles. The Balaban J connectivity index is 2.63. The number of ether oxygens (including phenoxy) is 2. The van der Waals surface area contributed by atoms with Crippen LogP contribution in [-0.2, 0) is 10.0 Å². The summed E-state index contributed by atoms with van der Waals surface area (Å²) >= 11 is 0. The Bertz CT molecular complexity index is 766. The highest BCUT2D eigenvalue weighted by atomic mass is 32.2. The molecule has 0 unspecified atom stereocenters. The number of hydrogen-bond acceptors (Lipinski definition) is 5. The fourth-order valence-electron chi connectivity index (χ4n) is 2.05. The van der Waals surface area contributed by atoms with Gasteiger partial charge >= 0.3 is 0 Å². The Morgan fingerprint density at radius 3 is 2.27 bits per heavy atom. The number of aryl methyl sites for hydroxylation is 2. The van der Waals surface area contributed by atoms with Crippen LogP contribution in [0, 0.1) is 13.8 Å². The van der Waals surface area contributed by atoms with Crippen LogP contribution in [-0.4, -0.2) is 30.8 Å². The zero-order chi connectivity index (χ0) is 16.3. The number of nitrogens with zero attached hydrogens (tertiary/aromatic N) is 2. The summed E-state index contributed by atoms with van der Waals surface area (Å²) in [6.07, 6.45) is 1.42. The Kier molecular flexibility index (Phi) is 4.75. The predicted molar refractivity (Wildman–Crippen MR) is 83.1 cm³/mol. The van der Waals surface area contributed by atoms with Gasteiger partial charge in [0.1, 0.15) is 16.4 Å². The van der Waals surface area contributed by atoms with Crippen molar-refractivity contribution in [3.05, 3.63) is 35.7 Å². The first-order valence-corrected chi connectivity index (χ1v) is 8.52. The zero-order valence-corrected chi connectivity index (χ0v) is 14.0. The summed E-state index contributed by atoms with van der Waals surface area (Å²) in [6.45, 7) is 8.06. The second-order valence-electron chi connectivity index (χ2n) is 4.77. The summed E-state index contributed by atoms with van der Waals surface area (Å²) in [6, 6.07) is 4.81. The highest BCUT2D eigenvalue weighted by Gasteiger charge is 2.24. The van der Waals surface area contributed by atoms with Crippen molar-refractivity contribution in [2.75, 3.05) is 13.2 Å². The van der Waals surface area contributed by atoms with Crippen molar-refractivity contribution in [2.45, 2.75) is 32.6 Å². The normalized spacial score (nSPS) is 11.5. The molecule has 0 saturated heterocycles. The van der Waals surface area contributed by atoms with Gasteiger partial charge in [-0.15, -0.1) is 0 Å². The minimum atomic E-state index is -3.83. The zero-order valence-electron chi connectivity index (χ0n) is 13.2. The molecule has 120 valence electrons. The van der Waals surface area contributed by atoms with Crippen LogP contribution >= 0.6 is 0 Å². The molecule has 0 aliphatic heterocycles. The topological polar surface area (TPSA) is 70.4 Å². The summed E-state index contributed by atoms with van der Waals surface area (Å²) < 4.78 is 37.5. The highest BCUT2D eigenvalue weighted by Crippen LogP contribution is 2.33.